The van der Waals surface area contributed by atoms with Crippen LogP contribution in [-0.2, 0) is 11.2 Å². The Hall–Kier alpha value is -1.03. The number of rotatable bonds is 5. The molecule has 0 aliphatic heterocycles. The third kappa shape index (κ3) is 4.86. The van der Waals surface area contributed by atoms with Gasteiger partial charge in [0.1, 0.15) is 0 Å². The fraction of sp³-hybridized carbons (Fsp3) is 0.600. The smallest absolute Gasteiger partial charge is 0.220 e. The quantitative estimate of drug-likeness (QED) is 0.900. The van der Waals surface area contributed by atoms with Crippen molar-refractivity contribution in [1.82, 2.24) is 10.3 Å². The van der Waals surface area contributed by atoms with Crippen LogP contribution in [0.15, 0.2) is 24.5 Å². The number of hydrogen-bond donors (Lipinski definition) is 1. The number of nitrogens with one attached hydrogen (secondary N) is 1. The minimum absolute atomic E-state index is 0.176. The molecule has 1 aromatic heterocycles. The summed E-state index contributed by atoms with van der Waals surface area (Å²) in [6, 6.07) is 4.31. The number of aryl methyl sites for hydroxylation is 1. The predicted octanol–water partition coefficient (Wildman–Crippen LogP) is 2.80. The molecule has 1 N–H and O–H groups in total. The Morgan fingerprint density at radius 3 is 3.16 bits per heavy atom. The third-order valence-corrected chi connectivity index (χ3v) is 4.78. The Morgan fingerprint density at radius 1 is 1.53 bits per heavy atom. The van der Waals surface area contributed by atoms with Crippen LogP contribution in [0.4, 0.5) is 0 Å². The van der Waals surface area contributed by atoms with Gasteiger partial charge in [0.25, 0.3) is 0 Å². The van der Waals surface area contributed by atoms with Crippen molar-refractivity contribution in [3.8, 4) is 0 Å². The van der Waals surface area contributed by atoms with Gasteiger partial charge in [-0.15, -0.1) is 0 Å². The van der Waals surface area contributed by atoms with Crippen molar-refractivity contribution in [2.75, 3.05) is 6.26 Å². The highest BCUT2D eigenvalue weighted by atomic mass is 32.2. The van der Waals surface area contributed by atoms with E-state index in [9.17, 15) is 4.79 Å². The van der Waals surface area contributed by atoms with E-state index in [0.717, 1.165) is 30.1 Å². The fourth-order valence-corrected chi connectivity index (χ4v) is 3.42. The zero-order valence-electron chi connectivity index (χ0n) is 11.5. The van der Waals surface area contributed by atoms with E-state index >= 15 is 0 Å². The zero-order valence-corrected chi connectivity index (χ0v) is 12.3. The van der Waals surface area contributed by atoms with Gasteiger partial charge < -0.3 is 5.32 Å². The van der Waals surface area contributed by atoms with E-state index in [1.807, 2.05) is 30.1 Å². The van der Waals surface area contributed by atoms with Crippen LogP contribution in [0.5, 0.6) is 0 Å². The van der Waals surface area contributed by atoms with E-state index in [4.69, 9.17) is 0 Å². The average Bonchev–Trinajstić information content (AvgIpc) is 2.46. The van der Waals surface area contributed by atoms with E-state index in [-0.39, 0.29) is 5.91 Å². The third-order valence-electron chi connectivity index (χ3n) is 3.69. The molecule has 2 atom stereocenters. The first-order valence-corrected chi connectivity index (χ1v) is 8.28. The van der Waals surface area contributed by atoms with E-state index in [1.165, 1.54) is 12.8 Å². The van der Waals surface area contributed by atoms with Gasteiger partial charge in [-0.3, -0.25) is 9.78 Å². The van der Waals surface area contributed by atoms with E-state index in [0.29, 0.717) is 12.5 Å². The monoisotopic (exact) mass is 278 g/mol. The molecule has 1 fully saturated rings. The van der Waals surface area contributed by atoms with Crippen LogP contribution in [0.1, 0.15) is 37.7 Å². The van der Waals surface area contributed by atoms with E-state index < -0.39 is 0 Å². The van der Waals surface area contributed by atoms with Crippen LogP contribution >= 0.6 is 11.8 Å². The van der Waals surface area contributed by atoms with Gasteiger partial charge in [0.2, 0.25) is 5.91 Å². The van der Waals surface area contributed by atoms with Crippen LogP contribution in [0.2, 0.25) is 0 Å². The first-order chi connectivity index (χ1) is 9.28. The van der Waals surface area contributed by atoms with Crippen molar-refractivity contribution < 1.29 is 4.79 Å². The Kier molecular flexibility index (Phi) is 5.70. The summed E-state index contributed by atoms with van der Waals surface area (Å²) in [6.07, 6.45) is 11.9. The Bertz CT molecular complexity index is 396. The lowest BCUT2D eigenvalue weighted by Crippen LogP contribution is -2.39. The van der Waals surface area contributed by atoms with Gasteiger partial charge in [0.05, 0.1) is 0 Å². The highest BCUT2D eigenvalue weighted by Crippen LogP contribution is 2.26. The topological polar surface area (TPSA) is 42.0 Å². The Morgan fingerprint density at radius 2 is 2.42 bits per heavy atom. The minimum atomic E-state index is 0.176. The molecule has 104 valence electrons. The molecule has 0 spiro atoms. The summed E-state index contributed by atoms with van der Waals surface area (Å²) in [5.41, 5.74) is 1.13. The molecule has 1 heterocycles. The molecule has 0 aromatic carbocycles. The van der Waals surface area contributed by atoms with E-state index in [2.05, 4.69) is 16.6 Å². The molecule has 19 heavy (non-hydrogen) atoms. The average molecular weight is 278 g/mol. The molecule has 2 rings (SSSR count). The lowest BCUT2D eigenvalue weighted by atomic mass is 9.95. The van der Waals surface area contributed by atoms with Gasteiger partial charge in [-0.2, -0.15) is 11.8 Å². The number of pyridine rings is 1. The van der Waals surface area contributed by atoms with Gasteiger partial charge in [-0.25, -0.2) is 0 Å². The largest absolute Gasteiger partial charge is 0.353 e. The standard InChI is InChI=1S/C15H22N2OS/c1-19-14-6-2-5-13(10-14)17-15(18)8-7-12-4-3-9-16-11-12/h3-4,9,11,13-14H,2,5-8,10H2,1H3,(H,17,18)/t13-,14-/m0/s1. The number of carbonyl (C=O) groups is 1. The SMILES string of the molecule is CS[C@H]1CCC[C@H](NC(=O)CCc2cccnc2)C1. The van der Waals surface area contributed by atoms with Crippen LogP contribution in [-0.4, -0.2) is 28.4 Å². The van der Waals surface area contributed by atoms with Crippen molar-refractivity contribution in [1.29, 1.82) is 0 Å². The number of amides is 1. The van der Waals surface area contributed by atoms with Crippen molar-refractivity contribution in [2.24, 2.45) is 0 Å². The number of nitrogens with zero attached hydrogens (tertiary/aromatic N) is 1. The molecular weight excluding hydrogens is 256 g/mol. The molecule has 0 unspecified atom stereocenters. The van der Waals surface area contributed by atoms with Crippen LogP contribution < -0.4 is 5.32 Å². The number of carbonyl (C=O) groups excluding carboxylic acids is 1. The molecule has 0 radical (unpaired) electrons. The number of aromatic nitrogens is 1. The molecule has 1 aliphatic rings. The van der Waals surface area contributed by atoms with Crippen molar-refractivity contribution in [3.05, 3.63) is 30.1 Å². The van der Waals surface area contributed by atoms with Crippen LogP contribution in [0, 0.1) is 0 Å². The zero-order chi connectivity index (χ0) is 13.5. The summed E-state index contributed by atoms with van der Waals surface area (Å²) in [7, 11) is 0. The van der Waals surface area contributed by atoms with Crippen molar-refractivity contribution >= 4 is 17.7 Å². The summed E-state index contributed by atoms with van der Waals surface area (Å²) in [4.78, 5) is 16.0. The normalized spacial score (nSPS) is 23.0. The highest BCUT2D eigenvalue weighted by molar-refractivity contribution is 7.99. The maximum atomic E-state index is 11.9. The molecular formula is C15H22N2OS. The van der Waals surface area contributed by atoms with Gasteiger partial charge in [0.15, 0.2) is 0 Å². The number of hydrogen-bond acceptors (Lipinski definition) is 3. The predicted molar refractivity (Wildman–Crippen MR) is 80.3 cm³/mol. The van der Waals surface area contributed by atoms with Gasteiger partial charge in [-0.1, -0.05) is 12.5 Å². The summed E-state index contributed by atoms with van der Waals surface area (Å²) >= 11 is 1.93. The second-order valence-corrected chi connectivity index (χ2v) is 6.29. The number of thioether (sulfide) groups is 1. The van der Waals surface area contributed by atoms with Crippen LogP contribution in [0.25, 0.3) is 0 Å². The van der Waals surface area contributed by atoms with Crippen LogP contribution in [0.3, 0.4) is 0 Å². The summed E-state index contributed by atoms with van der Waals surface area (Å²) in [6.45, 7) is 0. The molecule has 1 aliphatic carbocycles. The Labute approximate surface area is 119 Å². The summed E-state index contributed by atoms with van der Waals surface area (Å²) in [5, 5.41) is 3.90. The highest BCUT2D eigenvalue weighted by Gasteiger charge is 2.22. The molecule has 1 aromatic rings. The summed E-state index contributed by atoms with van der Waals surface area (Å²) in [5.74, 6) is 0.176. The van der Waals surface area contributed by atoms with Crippen molar-refractivity contribution in [2.45, 2.75) is 49.8 Å². The first kappa shape index (κ1) is 14.4. The maximum Gasteiger partial charge on any atom is 0.220 e. The maximum absolute atomic E-state index is 11.9. The Balaban J connectivity index is 1.72. The molecule has 3 nitrogen and oxygen atoms in total. The summed E-state index contributed by atoms with van der Waals surface area (Å²) < 4.78 is 0. The molecule has 4 heteroatoms. The molecule has 0 saturated heterocycles. The van der Waals surface area contributed by atoms with Gasteiger partial charge in [-0.05, 0) is 43.6 Å². The first-order valence-electron chi connectivity index (χ1n) is 6.99. The van der Waals surface area contributed by atoms with Gasteiger partial charge in [0, 0.05) is 30.1 Å². The lowest BCUT2D eigenvalue weighted by Gasteiger charge is -2.28. The second-order valence-electron chi connectivity index (χ2n) is 5.15. The van der Waals surface area contributed by atoms with Crippen molar-refractivity contribution in [3.63, 3.8) is 0 Å². The second kappa shape index (κ2) is 7.53. The minimum Gasteiger partial charge on any atom is -0.353 e. The molecule has 1 amide bonds. The lowest BCUT2D eigenvalue weighted by molar-refractivity contribution is -0.121. The fourth-order valence-electron chi connectivity index (χ4n) is 2.59. The molecule has 0 bridgehead atoms. The van der Waals surface area contributed by atoms with Gasteiger partial charge >= 0.3 is 0 Å². The van der Waals surface area contributed by atoms with E-state index in [1.54, 1.807) is 6.20 Å². The molecule has 1 saturated carbocycles.